The number of amides is 2. The first kappa shape index (κ1) is 15.5. The Bertz CT molecular complexity index is 510. The Kier molecular flexibility index (Phi) is 4.99. The van der Waals surface area contributed by atoms with Crippen molar-refractivity contribution < 1.29 is 9.59 Å². The van der Waals surface area contributed by atoms with Crippen LogP contribution in [0.3, 0.4) is 0 Å². The van der Waals surface area contributed by atoms with Gasteiger partial charge in [0.15, 0.2) is 0 Å². The first-order valence-electron chi connectivity index (χ1n) is 7.71. The first-order chi connectivity index (χ1) is 10.0. The summed E-state index contributed by atoms with van der Waals surface area (Å²) in [5.41, 5.74) is 2.34. The minimum Gasteiger partial charge on any atom is -0.342 e. The van der Waals surface area contributed by atoms with Gasteiger partial charge < -0.3 is 10.2 Å². The van der Waals surface area contributed by atoms with Crippen molar-refractivity contribution in [1.29, 1.82) is 0 Å². The molecule has 114 valence electrons. The molecule has 2 rings (SSSR count). The van der Waals surface area contributed by atoms with Crippen LogP contribution in [0.1, 0.15) is 38.3 Å². The van der Waals surface area contributed by atoms with Crippen LogP contribution in [-0.4, -0.2) is 29.3 Å². The van der Waals surface area contributed by atoms with E-state index in [-0.39, 0.29) is 30.3 Å². The molecule has 2 unspecified atom stereocenters. The Balaban J connectivity index is 2.10. The van der Waals surface area contributed by atoms with Gasteiger partial charge in [-0.3, -0.25) is 9.59 Å². The van der Waals surface area contributed by atoms with Crippen molar-refractivity contribution in [3.8, 4) is 0 Å². The minimum absolute atomic E-state index is 0.0310. The van der Waals surface area contributed by atoms with E-state index < -0.39 is 0 Å². The minimum atomic E-state index is -0.383. The number of rotatable bonds is 5. The number of nitrogens with zero attached hydrogens (tertiary/aromatic N) is 1. The van der Waals surface area contributed by atoms with Gasteiger partial charge in [0, 0.05) is 6.54 Å². The smallest absolute Gasteiger partial charge is 0.246 e. The normalized spacial score (nSPS) is 20.3. The zero-order valence-electron chi connectivity index (χ0n) is 13.1. The fourth-order valence-corrected chi connectivity index (χ4v) is 2.58. The standard InChI is InChI=1S/C17H24N2O2/c1-4-12(3)16-17(21)19(11-15(20)18-16)10-14-8-6-13(5-2)7-9-14/h6-9,12,16H,4-5,10-11H2,1-3H3,(H,18,20). The number of nitrogens with one attached hydrogen (secondary N) is 1. The highest BCUT2D eigenvalue weighted by atomic mass is 16.2. The van der Waals surface area contributed by atoms with E-state index in [1.807, 2.05) is 26.0 Å². The lowest BCUT2D eigenvalue weighted by Gasteiger charge is -2.35. The molecule has 1 aromatic carbocycles. The van der Waals surface area contributed by atoms with Gasteiger partial charge in [-0.25, -0.2) is 0 Å². The average Bonchev–Trinajstić information content (AvgIpc) is 2.50. The summed E-state index contributed by atoms with van der Waals surface area (Å²) < 4.78 is 0. The average molecular weight is 288 g/mol. The molecule has 4 nitrogen and oxygen atoms in total. The topological polar surface area (TPSA) is 49.4 Å². The molecule has 0 radical (unpaired) electrons. The van der Waals surface area contributed by atoms with Crippen LogP contribution < -0.4 is 5.32 Å². The molecule has 0 aliphatic carbocycles. The zero-order chi connectivity index (χ0) is 15.4. The van der Waals surface area contributed by atoms with E-state index in [9.17, 15) is 9.59 Å². The SMILES string of the molecule is CCc1ccc(CN2CC(=O)NC(C(C)CC)C2=O)cc1. The fraction of sp³-hybridized carbons (Fsp3) is 0.529. The maximum Gasteiger partial charge on any atom is 0.246 e. The molecule has 2 amide bonds. The van der Waals surface area contributed by atoms with E-state index in [0.29, 0.717) is 6.54 Å². The van der Waals surface area contributed by atoms with Gasteiger partial charge >= 0.3 is 0 Å². The molecule has 1 aromatic rings. The van der Waals surface area contributed by atoms with Gasteiger partial charge in [0.25, 0.3) is 0 Å². The molecule has 1 aliphatic heterocycles. The first-order valence-corrected chi connectivity index (χ1v) is 7.71. The number of aryl methyl sites for hydroxylation is 1. The third-order valence-electron chi connectivity index (χ3n) is 4.25. The third-order valence-corrected chi connectivity index (χ3v) is 4.25. The van der Waals surface area contributed by atoms with Gasteiger partial charge in [-0.15, -0.1) is 0 Å². The molecule has 1 aliphatic rings. The van der Waals surface area contributed by atoms with Crippen molar-refractivity contribution in [3.63, 3.8) is 0 Å². The highest BCUT2D eigenvalue weighted by Crippen LogP contribution is 2.17. The number of hydrogen-bond acceptors (Lipinski definition) is 2. The highest BCUT2D eigenvalue weighted by molar-refractivity contribution is 5.95. The van der Waals surface area contributed by atoms with Crippen molar-refractivity contribution in [2.75, 3.05) is 6.54 Å². The quantitative estimate of drug-likeness (QED) is 0.902. The Morgan fingerprint density at radius 1 is 1.19 bits per heavy atom. The number of hydrogen-bond donors (Lipinski definition) is 1. The molecule has 1 fully saturated rings. The van der Waals surface area contributed by atoms with Crippen LogP contribution in [0.5, 0.6) is 0 Å². The number of piperazine rings is 1. The Labute approximate surface area is 126 Å². The summed E-state index contributed by atoms with van der Waals surface area (Å²) in [5.74, 6) is 0.125. The molecular weight excluding hydrogens is 264 g/mol. The lowest BCUT2D eigenvalue weighted by atomic mass is 9.96. The number of carbonyl (C=O) groups is 2. The van der Waals surface area contributed by atoms with Crippen LogP contribution in [0.25, 0.3) is 0 Å². The van der Waals surface area contributed by atoms with Crippen LogP contribution in [0.15, 0.2) is 24.3 Å². The summed E-state index contributed by atoms with van der Waals surface area (Å²) in [6, 6.07) is 7.85. The molecule has 4 heteroatoms. The fourth-order valence-electron chi connectivity index (χ4n) is 2.58. The molecule has 0 saturated carbocycles. The Morgan fingerprint density at radius 3 is 2.38 bits per heavy atom. The summed E-state index contributed by atoms with van der Waals surface area (Å²) >= 11 is 0. The molecule has 1 heterocycles. The molecule has 21 heavy (non-hydrogen) atoms. The summed E-state index contributed by atoms with van der Waals surface area (Å²) in [7, 11) is 0. The van der Waals surface area contributed by atoms with Gasteiger partial charge in [0.2, 0.25) is 11.8 Å². The Morgan fingerprint density at radius 2 is 1.81 bits per heavy atom. The molecule has 0 aromatic heterocycles. The van der Waals surface area contributed by atoms with Crippen molar-refractivity contribution in [3.05, 3.63) is 35.4 Å². The Hall–Kier alpha value is -1.84. The maximum absolute atomic E-state index is 12.5. The summed E-state index contributed by atoms with van der Waals surface area (Å²) in [5, 5.41) is 2.82. The van der Waals surface area contributed by atoms with Gasteiger partial charge in [0.05, 0.1) is 6.54 Å². The molecule has 1 saturated heterocycles. The predicted molar refractivity (Wildman–Crippen MR) is 82.6 cm³/mol. The van der Waals surface area contributed by atoms with E-state index >= 15 is 0 Å². The van der Waals surface area contributed by atoms with Crippen LogP contribution >= 0.6 is 0 Å². The van der Waals surface area contributed by atoms with Crippen LogP contribution in [-0.2, 0) is 22.6 Å². The van der Waals surface area contributed by atoms with Gasteiger partial charge in [-0.2, -0.15) is 0 Å². The lowest BCUT2D eigenvalue weighted by molar-refractivity contribution is -0.146. The largest absolute Gasteiger partial charge is 0.342 e. The molecule has 0 spiro atoms. The molecule has 2 atom stereocenters. The predicted octanol–water partition coefficient (Wildman–Crippen LogP) is 2.12. The van der Waals surface area contributed by atoms with E-state index in [0.717, 1.165) is 18.4 Å². The van der Waals surface area contributed by atoms with Crippen molar-refractivity contribution >= 4 is 11.8 Å². The summed E-state index contributed by atoms with van der Waals surface area (Å²) in [6.45, 7) is 6.81. The second-order valence-corrected chi connectivity index (χ2v) is 5.80. The van der Waals surface area contributed by atoms with E-state index in [1.54, 1.807) is 4.90 Å². The molecular formula is C17H24N2O2. The third kappa shape index (κ3) is 3.63. The molecule has 0 bridgehead atoms. The van der Waals surface area contributed by atoms with E-state index in [4.69, 9.17) is 0 Å². The summed E-state index contributed by atoms with van der Waals surface area (Å²) in [4.78, 5) is 26.0. The monoisotopic (exact) mass is 288 g/mol. The van der Waals surface area contributed by atoms with E-state index in [2.05, 4.69) is 24.4 Å². The van der Waals surface area contributed by atoms with Crippen LogP contribution in [0.2, 0.25) is 0 Å². The van der Waals surface area contributed by atoms with Gasteiger partial charge in [0.1, 0.15) is 6.04 Å². The number of benzene rings is 1. The maximum atomic E-state index is 12.5. The van der Waals surface area contributed by atoms with Crippen LogP contribution in [0.4, 0.5) is 0 Å². The zero-order valence-corrected chi connectivity index (χ0v) is 13.1. The van der Waals surface area contributed by atoms with E-state index in [1.165, 1.54) is 5.56 Å². The van der Waals surface area contributed by atoms with Crippen LogP contribution in [0, 0.1) is 5.92 Å². The second kappa shape index (κ2) is 6.74. The highest BCUT2D eigenvalue weighted by Gasteiger charge is 2.35. The van der Waals surface area contributed by atoms with Crippen molar-refractivity contribution in [2.24, 2.45) is 5.92 Å². The van der Waals surface area contributed by atoms with Gasteiger partial charge in [-0.05, 0) is 23.5 Å². The van der Waals surface area contributed by atoms with Crippen molar-refractivity contribution in [1.82, 2.24) is 10.2 Å². The molecule has 1 N–H and O–H groups in total. The van der Waals surface area contributed by atoms with Gasteiger partial charge in [-0.1, -0.05) is 51.5 Å². The number of carbonyl (C=O) groups excluding carboxylic acids is 2. The lowest BCUT2D eigenvalue weighted by Crippen LogP contribution is -2.59. The summed E-state index contributed by atoms with van der Waals surface area (Å²) in [6.07, 6.45) is 1.87. The second-order valence-electron chi connectivity index (χ2n) is 5.80. The van der Waals surface area contributed by atoms with Crippen molar-refractivity contribution in [2.45, 2.75) is 46.2 Å².